The summed E-state index contributed by atoms with van der Waals surface area (Å²) in [5.41, 5.74) is 0.970. The molecule has 0 saturated carbocycles. The Balaban J connectivity index is 1.76. The molecule has 5 nitrogen and oxygen atoms in total. The van der Waals surface area contributed by atoms with Crippen LogP contribution in [0.5, 0.6) is 11.5 Å². The number of ether oxygens (including phenoxy) is 2. The third-order valence-electron chi connectivity index (χ3n) is 4.91. The number of hydrogen-bond acceptors (Lipinski definition) is 4. The second kappa shape index (κ2) is 7.87. The number of hydrogen-bond donors (Lipinski definition) is 0. The molecule has 0 aromatic heterocycles. The lowest BCUT2D eigenvalue weighted by molar-refractivity contribution is -0.133. The van der Waals surface area contributed by atoms with Gasteiger partial charge in [-0.1, -0.05) is 6.08 Å². The van der Waals surface area contributed by atoms with E-state index in [0.29, 0.717) is 6.42 Å². The molecular formula is C19H25FN2O3. The molecule has 1 aromatic rings. The van der Waals surface area contributed by atoms with Crippen LogP contribution in [0.15, 0.2) is 30.1 Å². The maximum Gasteiger partial charge on any atom is 0.237 e. The Morgan fingerprint density at radius 2 is 2.12 bits per heavy atom. The van der Waals surface area contributed by atoms with Crippen molar-refractivity contribution in [2.24, 2.45) is 0 Å². The van der Waals surface area contributed by atoms with Gasteiger partial charge in [0.15, 0.2) is 0 Å². The molecule has 0 aliphatic carbocycles. The summed E-state index contributed by atoms with van der Waals surface area (Å²) in [6, 6.07) is 5.65. The first kappa shape index (κ1) is 17.7. The van der Waals surface area contributed by atoms with E-state index in [2.05, 4.69) is 0 Å². The van der Waals surface area contributed by atoms with Gasteiger partial charge in [0.1, 0.15) is 17.3 Å². The molecule has 25 heavy (non-hydrogen) atoms. The highest BCUT2D eigenvalue weighted by molar-refractivity contribution is 5.79. The summed E-state index contributed by atoms with van der Waals surface area (Å²) in [5, 5.41) is 0. The van der Waals surface area contributed by atoms with Crippen LogP contribution < -0.4 is 9.47 Å². The number of amides is 1. The molecule has 3 rings (SSSR count). The van der Waals surface area contributed by atoms with Crippen LogP contribution in [-0.2, 0) is 4.79 Å². The van der Waals surface area contributed by atoms with E-state index in [1.54, 1.807) is 20.3 Å². The molecule has 0 radical (unpaired) electrons. The van der Waals surface area contributed by atoms with Crippen LogP contribution in [0.4, 0.5) is 4.39 Å². The minimum Gasteiger partial charge on any atom is -0.497 e. The number of benzene rings is 1. The standard InChI is InChI=1S/C19H25FN2O3/c1-24-15-7-8-18(25-2)16(11-15)17-6-4-10-22(17)19(23)13-21-9-3-5-14(20)12-21/h5,7-8,11,17H,3-4,6,9-10,12-13H2,1-2H3/t17-/m0/s1. The monoisotopic (exact) mass is 348 g/mol. The molecule has 2 aliphatic heterocycles. The topological polar surface area (TPSA) is 42.0 Å². The molecule has 6 heteroatoms. The average Bonchev–Trinajstić information content (AvgIpc) is 3.11. The van der Waals surface area contributed by atoms with E-state index < -0.39 is 0 Å². The van der Waals surface area contributed by atoms with E-state index in [0.717, 1.165) is 43.0 Å². The van der Waals surface area contributed by atoms with Crippen molar-refractivity contribution in [2.45, 2.75) is 25.3 Å². The van der Waals surface area contributed by atoms with Crippen LogP contribution in [-0.4, -0.2) is 56.1 Å². The number of nitrogens with zero attached hydrogens (tertiary/aromatic N) is 2. The highest BCUT2D eigenvalue weighted by Gasteiger charge is 2.33. The Kier molecular flexibility index (Phi) is 5.58. The van der Waals surface area contributed by atoms with E-state index in [-0.39, 0.29) is 30.9 Å². The van der Waals surface area contributed by atoms with Gasteiger partial charge < -0.3 is 14.4 Å². The van der Waals surface area contributed by atoms with Gasteiger partial charge in [0, 0.05) is 18.7 Å². The van der Waals surface area contributed by atoms with Gasteiger partial charge in [-0.25, -0.2) is 4.39 Å². The lowest BCUT2D eigenvalue weighted by Crippen LogP contribution is -2.41. The summed E-state index contributed by atoms with van der Waals surface area (Å²) in [6.07, 6.45) is 4.10. The molecule has 1 aromatic carbocycles. The summed E-state index contributed by atoms with van der Waals surface area (Å²) in [7, 11) is 3.26. The minimum atomic E-state index is -0.147. The molecule has 1 amide bonds. The molecule has 0 bridgehead atoms. The highest BCUT2D eigenvalue weighted by Crippen LogP contribution is 2.39. The lowest BCUT2D eigenvalue weighted by atomic mass is 10.0. The zero-order valence-electron chi connectivity index (χ0n) is 14.8. The van der Waals surface area contributed by atoms with E-state index in [4.69, 9.17) is 9.47 Å². The molecule has 1 saturated heterocycles. The summed E-state index contributed by atoms with van der Waals surface area (Å²) in [4.78, 5) is 16.6. The third-order valence-corrected chi connectivity index (χ3v) is 4.91. The number of carbonyl (C=O) groups is 1. The Morgan fingerprint density at radius 1 is 1.28 bits per heavy atom. The molecule has 0 spiro atoms. The number of halogens is 1. The Morgan fingerprint density at radius 3 is 2.84 bits per heavy atom. The SMILES string of the molecule is COc1ccc(OC)c([C@@H]2CCCN2C(=O)CN2CCC=C(F)C2)c1. The van der Waals surface area contributed by atoms with Crippen molar-refractivity contribution in [3.8, 4) is 11.5 Å². The number of methoxy groups -OCH3 is 2. The van der Waals surface area contributed by atoms with E-state index in [9.17, 15) is 9.18 Å². The zero-order valence-corrected chi connectivity index (χ0v) is 14.8. The summed E-state index contributed by atoms with van der Waals surface area (Å²) in [6.45, 7) is 1.92. The highest BCUT2D eigenvalue weighted by atomic mass is 19.1. The quantitative estimate of drug-likeness (QED) is 0.820. The molecule has 1 fully saturated rings. The van der Waals surface area contributed by atoms with Crippen LogP contribution in [0.2, 0.25) is 0 Å². The maximum absolute atomic E-state index is 13.4. The first-order chi connectivity index (χ1) is 12.1. The second-order valence-electron chi connectivity index (χ2n) is 6.50. The van der Waals surface area contributed by atoms with Crippen LogP contribution in [0.3, 0.4) is 0 Å². The summed E-state index contributed by atoms with van der Waals surface area (Å²) in [5.74, 6) is 1.41. The van der Waals surface area contributed by atoms with E-state index >= 15 is 0 Å². The molecular weight excluding hydrogens is 323 g/mol. The van der Waals surface area contributed by atoms with Crippen LogP contribution in [0, 0.1) is 0 Å². The fraction of sp³-hybridized carbons (Fsp3) is 0.526. The molecule has 2 heterocycles. The maximum atomic E-state index is 13.4. The third kappa shape index (κ3) is 3.95. The Hall–Kier alpha value is -2.08. The summed E-state index contributed by atoms with van der Waals surface area (Å²) < 4.78 is 24.3. The van der Waals surface area contributed by atoms with Gasteiger partial charge in [-0.05, 0) is 37.5 Å². The van der Waals surface area contributed by atoms with Gasteiger partial charge in [0.05, 0.1) is 33.4 Å². The fourth-order valence-corrected chi connectivity index (χ4v) is 3.67. The average molecular weight is 348 g/mol. The fourth-order valence-electron chi connectivity index (χ4n) is 3.67. The molecule has 0 unspecified atom stereocenters. The van der Waals surface area contributed by atoms with Gasteiger partial charge in [-0.3, -0.25) is 9.69 Å². The van der Waals surface area contributed by atoms with Crippen molar-refractivity contribution in [3.63, 3.8) is 0 Å². The van der Waals surface area contributed by atoms with Gasteiger partial charge >= 0.3 is 0 Å². The molecule has 2 aliphatic rings. The van der Waals surface area contributed by atoms with Crippen molar-refractivity contribution >= 4 is 5.91 Å². The summed E-state index contributed by atoms with van der Waals surface area (Å²) >= 11 is 0. The predicted molar refractivity (Wildman–Crippen MR) is 93.5 cm³/mol. The second-order valence-corrected chi connectivity index (χ2v) is 6.50. The van der Waals surface area contributed by atoms with E-state index in [1.165, 1.54) is 0 Å². The molecule has 136 valence electrons. The predicted octanol–water partition coefficient (Wildman–Crippen LogP) is 2.93. The van der Waals surface area contributed by atoms with Gasteiger partial charge in [-0.15, -0.1) is 0 Å². The van der Waals surface area contributed by atoms with Gasteiger partial charge in [0.25, 0.3) is 0 Å². The molecule has 1 atom stereocenters. The zero-order chi connectivity index (χ0) is 17.8. The lowest BCUT2D eigenvalue weighted by Gasteiger charge is -2.30. The van der Waals surface area contributed by atoms with Crippen LogP contribution in [0.1, 0.15) is 30.9 Å². The first-order valence-electron chi connectivity index (χ1n) is 8.70. The minimum absolute atomic E-state index is 0.0253. The van der Waals surface area contributed by atoms with Gasteiger partial charge in [0.2, 0.25) is 5.91 Å². The smallest absolute Gasteiger partial charge is 0.237 e. The normalized spacial score (nSPS) is 21.2. The van der Waals surface area contributed by atoms with Crippen LogP contribution >= 0.6 is 0 Å². The first-order valence-corrected chi connectivity index (χ1v) is 8.70. The van der Waals surface area contributed by atoms with E-state index in [1.807, 2.05) is 28.0 Å². The molecule has 0 N–H and O–H groups in total. The van der Waals surface area contributed by atoms with Crippen LogP contribution in [0.25, 0.3) is 0 Å². The largest absolute Gasteiger partial charge is 0.497 e. The number of rotatable bonds is 5. The van der Waals surface area contributed by atoms with Crippen molar-refractivity contribution in [3.05, 3.63) is 35.7 Å². The van der Waals surface area contributed by atoms with Gasteiger partial charge in [-0.2, -0.15) is 0 Å². The van der Waals surface area contributed by atoms with Crippen molar-refractivity contribution in [1.29, 1.82) is 0 Å². The number of likely N-dealkylation sites (tertiary alicyclic amines) is 1. The van der Waals surface area contributed by atoms with Crippen molar-refractivity contribution in [1.82, 2.24) is 9.80 Å². The Labute approximate surface area is 148 Å². The van der Waals surface area contributed by atoms with Crippen molar-refractivity contribution < 1.29 is 18.7 Å². The number of carbonyl (C=O) groups excluding carboxylic acids is 1. The van der Waals surface area contributed by atoms with Crippen molar-refractivity contribution in [2.75, 3.05) is 40.4 Å². The Bertz CT molecular complexity index is 662.